The zero-order chi connectivity index (χ0) is 22.0. The number of hydrogen-bond acceptors (Lipinski definition) is 4. The third kappa shape index (κ3) is 4.39. The highest BCUT2D eigenvalue weighted by Crippen LogP contribution is 2.32. The van der Waals surface area contributed by atoms with Crippen molar-refractivity contribution in [1.29, 1.82) is 0 Å². The van der Waals surface area contributed by atoms with Gasteiger partial charge in [-0.25, -0.2) is 4.98 Å². The Labute approximate surface area is 186 Å². The SMILES string of the molecule is COc1ccc(-c2nc(-c3cc(C(N)=O)c(C)n3CCc3ccc(C)cc3)cs2)cc1. The van der Waals surface area contributed by atoms with E-state index in [1.165, 1.54) is 11.1 Å². The summed E-state index contributed by atoms with van der Waals surface area (Å²) in [5, 5.41) is 2.95. The van der Waals surface area contributed by atoms with Gasteiger partial charge in [0.1, 0.15) is 10.8 Å². The number of aromatic nitrogens is 2. The van der Waals surface area contributed by atoms with E-state index in [-0.39, 0.29) is 0 Å². The first-order valence-electron chi connectivity index (χ1n) is 10.1. The molecule has 0 saturated carbocycles. The lowest BCUT2D eigenvalue weighted by Gasteiger charge is -2.11. The summed E-state index contributed by atoms with van der Waals surface area (Å²) in [7, 11) is 1.65. The van der Waals surface area contributed by atoms with Gasteiger partial charge in [-0.15, -0.1) is 11.3 Å². The van der Waals surface area contributed by atoms with Crippen LogP contribution < -0.4 is 10.5 Å². The van der Waals surface area contributed by atoms with E-state index in [2.05, 4.69) is 35.8 Å². The van der Waals surface area contributed by atoms with Crippen molar-refractivity contribution in [2.45, 2.75) is 26.8 Å². The minimum Gasteiger partial charge on any atom is -0.497 e. The van der Waals surface area contributed by atoms with Crippen LogP contribution in [0, 0.1) is 13.8 Å². The number of hydrogen-bond donors (Lipinski definition) is 1. The van der Waals surface area contributed by atoms with Crippen molar-refractivity contribution in [3.8, 4) is 27.7 Å². The molecule has 0 saturated heterocycles. The Hall–Kier alpha value is -3.38. The third-order valence-corrected chi connectivity index (χ3v) is 6.37. The molecule has 1 amide bonds. The summed E-state index contributed by atoms with van der Waals surface area (Å²) in [6.07, 6.45) is 0.858. The number of carbonyl (C=O) groups is 1. The quantitative estimate of drug-likeness (QED) is 0.435. The summed E-state index contributed by atoms with van der Waals surface area (Å²) >= 11 is 1.58. The van der Waals surface area contributed by atoms with Gasteiger partial charge in [0.2, 0.25) is 0 Å². The molecule has 2 heterocycles. The number of methoxy groups -OCH3 is 1. The standard InChI is InChI=1S/C25H25N3O2S/c1-16-4-6-18(7-5-16)12-13-28-17(2)21(24(26)29)14-23(28)22-15-31-25(27-22)19-8-10-20(30-3)11-9-19/h4-11,14-15H,12-13H2,1-3H3,(H2,26,29). The van der Waals surface area contributed by atoms with Crippen molar-refractivity contribution in [2.75, 3.05) is 7.11 Å². The Morgan fingerprint density at radius 1 is 1.10 bits per heavy atom. The van der Waals surface area contributed by atoms with E-state index in [1.54, 1.807) is 18.4 Å². The third-order valence-electron chi connectivity index (χ3n) is 5.48. The van der Waals surface area contributed by atoms with E-state index in [1.807, 2.05) is 42.6 Å². The highest BCUT2D eigenvalue weighted by molar-refractivity contribution is 7.13. The molecule has 0 bridgehead atoms. The average molecular weight is 432 g/mol. The van der Waals surface area contributed by atoms with E-state index in [0.29, 0.717) is 5.56 Å². The van der Waals surface area contributed by atoms with Crippen molar-refractivity contribution >= 4 is 17.2 Å². The smallest absolute Gasteiger partial charge is 0.250 e. The molecule has 2 aromatic heterocycles. The predicted molar refractivity (Wildman–Crippen MR) is 126 cm³/mol. The van der Waals surface area contributed by atoms with Crippen LogP contribution in [0.5, 0.6) is 5.75 Å². The van der Waals surface area contributed by atoms with E-state index in [4.69, 9.17) is 15.5 Å². The van der Waals surface area contributed by atoms with Gasteiger partial charge in [-0.1, -0.05) is 29.8 Å². The largest absolute Gasteiger partial charge is 0.497 e. The number of rotatable bonds is 7. The second-order valence-electron chi connectivity index (χ2n) is 7.55. The highest BCUT2D eigenvalue weighted by Gasteiger charge is 2.19. The fourth-order valence-corrected chi connectivity index (χ4v) is 4.47. The van der Waals surface area contributed by atoms with Crippen molar-refractivity contribution < 1.29 is 9.53 Å². The summed E-state index contributed by atoms with van der Waals surface area (Å²) < 4.78 is 7.39. The summed E-state index contributed by atoms with van der Waals surface area (Å²) in [5.74, 6) is 0.394. The van der Waals surface area contributed by atoms with Crippen LogP contribution in [0.4, 0.5) is 0 Å². The lowest BCUT2D eigenvalue weighted by Crippen LogP contribution is -2.13. The molecule has 4 rings (SSSR count). The van der Waals surface area contributed by atoms with Gasteiger partial charge >= 0.3 is 0 Å². The number of carbonyl (C=O) groups excluding carboxylic acids is 1. The van der Waals surface area contributed by atoms with Crippen molar-refractivity contribution in [3.63, 3.8) is 0 Å². The molecule has 158 valence electrons. The maximum atomic E-state index is 12.0. The number of thiazole rings is 1. The van der Waals surface area contributed by atoms with Gasteiger partial charge < -0.3 is 15.0 Å². The topological polar surface area (TPSA) is 70.1 Å². The fourth-order valence-electron chi connectivity index (χ4n) is 3.65. The van der Waals surface area contributed by atoms with Crippen LogP contribution in [0.2, 0.25) is 0 Å². The Morgan fingerprint density at radius 2 is 1.81 bits per heavy atom. The maximum absolute atomic E-state index is 12.0. The Morgan fingerprint density at radius 3 is 2.45 bits per heavy atom. The number of nitrogens with two attached hydrogens (primary N) is 1. The van der Waals surface area contributed by atoms with Crippen molar-refractivity contribution in [3.05, 3.63) is 82.4 Å². The van der Waals surface area contributed by atoms with Crippen LogP contribution >= 0.6 is 11.3 Å². The average Bonchev–Trinajstić information content (AvgIpc) is 3.38. The lowest BCUT2D eigenvalue weighted by molar-refractivity contribution is 0.0999. The molecule has 2 N–H and O–H groups in total. The number of benzene rings is 2. The van der Waals surface area contributed by atoms with E-state index in [0.717, 1.165) is 46.4 Å². The summed E-state index contributed by atoms with van der Waals surface area (Å²) in [6, 6.07) is 18.2. The van der Waals surface area contributed by atoms with Crippen molar-refractivity contribution in [2.24, 2.45) is 5.73 Å². The van der Waals surface area contributed by atoms with Crippen LogP contribution in [0.3, 0.4) is 0 Å². The zero-order valence-electron chi connectivity index (χ0n) is 17.9. The Kier molecular flexibility index (Phi) is 5.91. The van der Waals surface area contributed by atoms with E-state index < -0.39 is 5.91 Å². The molecule has 0 unspecified atom stereocenters. The van der Waals surface area contributed by atoms with E-state index >= 15 is 0 Å². The molecule has 0 spiro atoms. The molecule has 4 aromatic rings. The van der Waals surface area contributed by atoms with Crippen molar-refractivity contribution in [1.82, 2.24) is 9.55 Å². The normalized spacial score (nSPS) is 10.9. The number of primary amides is 1. The number of ether oxygens (including phenoxy) is 1. The summed E-state index contributed by atoms with van der Waals surface area (Å²) in [6.45, 7) is 4.77. The van der Waals surface area contributed by atoms with Gasteiger partial charge in [0.05, 0.1) is 24.1 Å². The fraction of sp³-hybridized carbons (Fsp3) is 0.200. The Balaban J connectivity index is 1.67. The molecular formula is C25H25N3O2S. The van der Waals surface area contributed by atoms with Gasteiger partial charge in [-0.2, -0.15) is 0 Å². The first-order chi connectivity index (χ1) is 15.0. The van der Waals surface area contributed by atoms with Crippen LogP contribution in [0.1, 0.15) is 27.2 Å². The number of nitrogens with zero attached hydrogens (tertiary/aromatic N) is 2. The molecule has 31 heavy (non-hydrogen) atoms. The van der Waals surface area contributed by atoms with Gasteiger partial charge in [0, 0.05) is 23.2 Å². The molecule has 0 aliphatic carbocycles. The van der Waals surface area contributed by atoms with E-state index in [9.17, 15) is 4.79 Å². The predicted octanol–water partition coefficient (Wildman–Crippen LogP) is 5.25. The first-order valence-corrected chi connectivity index (χ1v) is 11.0. The van der Waals surface area contributed by atoms with Crippen LogP contribution in [0.25, 0.3) is 22.0 Å². The van der Waals surface area contributed by atoms with Crippen LogP contribution in [-0.2, 0) is 13.0 Å². The van der Waals surface area contributed by atoms with Crippen LogP contribution in [-0.4, -0.2) is 22.6 Å². The molecule has 0 radical (unpaired) electrons. The summed E-state index contributed by atoms with van der Waals surface area (Å²) in [4.78, 5) is 16.8. The van der Waals surface area contributed by atoms with Gasteiger partial charge in [-0.05, 0) is 56.2 Å². The summed E-state index contributed by atoms with van der Waals surface area (Å²) in [5.41, 5.74) is 12.3. The van der Waals surface area contributed by atoms with Gasteiger partial charge in [0.25, 0.3) is 5.91 Å². The molecule has 5 nitrogen and oxygen atoms in total. The minimum absolute atomic E-state index is 0.418. The molecule has 0 aliphatic heterocycles. The molecule has 0 fully saturated rings. The minimum atomic E-state index is -0.418. The van der Waals surface area contributed by atoms with Gasteiger partial charge in [-0.3, -0.25) is 4.79 Å². The maximum Gasteiger partial charge on any atom is 0.250 e. The highest BCUT2D eigenvalue weighted by atomic mass is 32.1. The number of amides is 1. The molecule has 2 aromatic carbocycles. The first kappa shape index (κ1) is 20.9. The zero-order valence-corrected chi connectivity index (χ0v) is 18.7. The second-order valence-corrected chi connectivity index (χ2v) is 8.40. The molecular weight excluding hydrogens is 406 g/mol. The van der Waals surface area contributed by atoms with Crippen LogP contribution in [0.15, 0.2) is 60.0 Å². The number of aryl methyl sites for hydroxylation is 2. The Bertz CT molecular complexity index is 1200. The molecule has 0 atom stereocenters. The second kappa shape index (κ2) is 8.78. The molecule has 6 heteroatoms. The monoisotopic (exact) mass is 431 g/mol. The van der Waals surface area contributed by atoms with Gasteiger partial charge in [0.15, 0.2) is 0 Å². The lowest BCUT2D eigenvalue weighted by atomic mass is 10.1. The molecule has 0 aliphatic rings.